The van der Waals surface area contributed by atoms with E-state index in [1.165, 1.54) is 38.5 Å². The molecule has 0 bridgehead atoms. The summed E-state index contributed by atoms with van der Waals surface area (Å²) in [5.74, 6) is 0. The van der Waals surface area contributed by atoms with E-state index in [2.05, 4.69) is 23.8 Å². The van der Waals surface area contributed by atoms with Crippen molar-refractivity contribution in [1.82, 2.24) is 0 Å². The monoisotopic (exact) mass is 336 g/mol. The van der Waals surface area contributed by atoms with Crippen molar-refractivity contribution in [3.05, 3.63) is 0 Å². The minimum atomic E-state index is -0.211. The van der Waals surface area contributed by atoms with Gasteiger partial charge in [-0.2, -0.15) is 4.99 Å². The first-order valence-corrected chi connectivity index (χ1v) is 9.87. The zero-order chi connectivity index (χ0) is 17.9. The number of rotatable bonds is 17. The van der Waals surface area contributed by atoms with Gasteiger partial charge in [0.25, 0.3) is 0 Å². The van der Waals surface area contributed by atoms with Crippen LogP contribution >= 0.6 is 0 Å². The Kier molecular flexibility index (Phi) is 15.8. The van der Waals surface area contributed by atoms with Crippen LogP contribution in [0.1, 0.15) is 104 Å². The quantitative estimate of drug-likeness (QED) is 0.189. The zero-order valence-electron chi connectivity index (χ0n) is 15.8. The number of carbonyl (C=O) groups excluding carboxylic acids is 2. The molecule has 0 radical (unpaired) electrons. The van der Waals surface area contributed by atoms with E-state index in [9.17, 15) is 9.59 Å². The van der Waals surface area contributed by atoms with Gasteiger partial charge >= 0.3 is 0 Å². The van der Waals surface area contributed by atoms with E-state index in [1.807, 2.05) is 6.08 Å². The molecular formula is C20H36N2O2. The Balaban J connectivity index is 4.52. The van der Waals surface area contributed by atoms with E-state index >= 15 is 0 Å². The molecule has 0 N–H and O–H groups in total. The normalized spacial score (nSPS) is 10.9. The van der Waals surface area contributed by atoms with Crippen LogP contribution in [0.5, 0.6) is 0 Å². The molecule has 4 nitrogen and oxygen atoms in total. The number of unbranched alkanes of at least 4 members (excludes halogenated alkanes) is 8. The highest BCUT2D eigenvalue weighted by atomic mass is 16.1. The van der Waals surface area contributed by atoms with Gasteiger partial charge in [0.1, 0.15) is 0 Å². The summed E-state index contributed by atoms with van der Waals surface area (Å²) in [6.45, 7) is 4.98. The smallest absolute Gasteiger partial charge is 0.211 e. The molecule has 0 rings (SSSR count). The van der Waals surface area contributed by atoms with Crippen molar-refractivity contribution in [3.63, 3.8) is 0 Å². The summed E-state index contributed by atoms with van der Waals surface area (Å²) in [5, 5.41) is 0. The van der Waals surface area contributed by atoms with Gasteiger partial charge in [-0.1, -0.05) is 78.1 Å². The van der Waals surface area contributed by atoms with Crippen molar-refractivity contribution < 1.29 is 9.59 Å². The summed E-state index contributed by atoms with van der Waals surface area (Å²) < 4.78 is 0. The minimum absolute atomic E-state index is 0.211. The maximum atomic E-state index is 11.0. The molecule has 0 atom stereocenters. The Morgan fingerprint density at radius 3 is 1.58 bits per heavy atom. The van der Waals surface area contributed by atoms with Gasteiger partial charge in [-0.15, -0.1) is 0 Å². The van der Waals surface area contributed by atoms with Crippen molar-refractivity contribution in [2.24, 2.45) is 9.98 Å². The molecule has 138 valence electrons. The molecule has 0 spiro atoms. The van der Waals surface area contributed by atoms with Crippen LogP contribution < -0.4 is 0 Å². The molecule has 0 aromatic rings. The second kappa shape index (κ2) is 16.6. The van der Waals surface area contributed by atoms with E-state index in [1.54, 1.807) is 6.08 Å². The third kappa shape index (κ3) is 12.2. The molecule has 0 heterocycles. The Morgan fingerprint density at radius 2 is 1.17 bits per heavy atom. The summed E-state index contributed by atoms with van der Waals surface area (Å²) in [5.41, 5.74) is -0.211. The lowest BCUT2D eigenvalue weighted by Gasteiger charge is -2.29. The highest BCUT2D eigenvalue weighted by Crippen LogP contribution is 2.32. The van der Waals surface area contributed by atoms with Crippen LogP contribution in [0.15, 0.2) is 9.98 Å². The van der Waals surface area contributed by atoms with Gasteiger partial charge in [-0.05, 0) is 25.7 Å². The molecular weight excluding hydrogens is 300 g/mol. The predicted molar refractivity (Wildman–Crippen MR) is 99.8 cm³/mol. The lowest BCUT2D eigenvalue weighted by molar-refractivity contribution is 0.306. The first-order chi connectivity index (χ1) is 11.7. The second-order valence-corrected chi connectivity index (χ2v) is 6.83. The Bertz CT molecular complexity index is 371. The van der Waals surface area contributed by atoms with Gasteiger partial charge in [0.15, 0.2) is 0 Å². The molecule has 0 fully saturated rings. The first kappa shape index (κ1) is 22.8. The Morgan fingerprint density at radius 1 is 0.667 bits per heavy atom. The SMILES string of the molecule is CCCCCCC(CCCCCC)(CCCCCN=C=O)N=C=O. The fourth-order valence-electron chi connectivity index (χ4n) is 3.27. The molecule has 0 saturated heterocycles. The standard InChI is InChI=1S/C20H36N2O2/c1-3-5-7-10-14-20(22-19-24,15-11-8-6-4-2)16-12-9-13-17-21-18-23/h3-17H2,1-2H3. The van der Waals surface area contributed by atoms with Crippen molar-refractivity contribution in [2.75, 3.05) is 6.54 Å². The molecule has 0 saturated carbocycles. The number of hydrogen-bond donors (Lipinski definition) is 0. The van der Waals surface area contributed by atoms with Crippen LogP contribution in [0.3, 0.4) is 0 Å². The molecule has 0 aromatic carbocycles. The molecule has 0 aliphatic rings. The number of hydrogen-bond acceptors (Lipinski definition) is 4. The van der Waals surface area contributed by atoms with Crippen molar-refractivity contribution >= 4 is 12.2 Å². The Hall–Kier alpha value is -1.24. The van der Waals surface area contributed by atoms with Crippen LogP contribution in [0.25, 0.3) is 0 Å². The van der Waals surface area contributed by atoms with E-state index in [0.29, 0.717) is 6.54 Å². The van der Waals surface area contributed by atoms with Crippen LogP contribution in [-0.2, 0) is 9.59 Å². The van der Waals surface area contributed by atoms with E-state index in [0.717, 1.165) is 51.4 Å². The molecule has 0 unspecified atom stereocenters. The van der Waals surface area contributed by atoms with Crippen LogP contribution in [0.4, 0.5) is 0 Å². The topological polar surface area (TPSA) is 58.9 Å². The maximum absolute atomic E-state index is 11.0. The average Bonchev–Trinajstić information content (AvgIpc) is 2.59. The van der Waals surface area contributed by atoms with Gasteiger partial charge in [0.05, 0.1) is 12.1 Å². The predicted octanol–water partition coefficient (Wildman–Crippen LogP) is 5.90. The van der Waals surface area contributed by atoms with Crippen molar-refractivity contribution in [1.29, 1.82) is 0 Å². The molecule has 24 heavy (non-hydrogen) atoms. The molecule has 0 amide bonds. The van der Waals surface area contributed by atoms with E-state index in [-0.39, 0.29) is 5.54 Å². The maximum Gasteiger partial charge on any atom is 0.235 e. The van der Waals surface area contributed by atoms with Gasteiger partial charge in [-0.25, -0.2) is 14.6 Å². The highest BCUT2D eigenvalue weighted by molar-refractivity contribution is 5.35. The fourth-order valence-corrected chi connectivity index (χ4v) is 3.27. The van der Waals surface area contributed by atoms with Gasteiger partial charge in [-0.3, -0.25) is 0 Å². The second-order valence-electron chi connectivity index (χ2n) is 6.83. The molecule has 4 heteroatoms. The van der Waals surface area contributed by atoms with Gasteiger partial charge < -0.3 is 0 Å². The molecule has 0 aliphatic heterocycles. The van der Waals surface area contributed by atoms with Crippen molar-refractivity contribution in [2.45, 2.75) is 109 Å². The van der Waals surface area contributed by atoms with Gasteiger partial charge in [0, 0.05) is 0 Å². The lowest BCUT2D eigenvalue weighted by Crippen LogP contribution is -2.26. The summed E-state index contributed by atoms with van der Waals surface area (Å²) in [6, 6.07) is 0. The van der Waals surface area contributed by atoms with E-state index in [4.69, 9.17) is 0 Å². The zero-order valence-corrected chi connectivity index (χ0v) is 15.8. The van der Waals surface area contributed by atoms with E-state index < -0.39 is 0 Å². The average molecular weight is 337 g/mol. The third-order valence-corrected chi connectivity index (χ3v) is 4.75. The number of nitrogens with zero attached hydrogens (tertiary/aromatic N) is 2. The minimum Gasteiger partial charge on any atom is -0.211 e. The number of isocyanates is 2. The lowest BCUT2D eigenvalue weighted by atomic mass is 9.82. The number of aliphatic imine (C=N–C) groups is 2. The Labute approximate surface area is 148 Å². The summed E-state index contributed by atoms with van der Waals surface area (Å²) >= 11 is 0. The van der Waals surface area contributed by atoms with Crippen LogP contribution in [0.2, 0.25) is 0 Å². The summed E-state index contributed by atoms with van der Waals surface area (Å²) in [7, 11) is 0. The molecule has 0 aromatic heterocycles. The third-order valence-electron chi connectivity index (χ3n) is 4.75. The largest absolute Gasteiger partial charge is 0.235 e. The summed E-state index contributed by atoms with van der Waals surface area (Å²) in [6.07, 6.45) is 19.0. The van der Waals surface area contributed by atoms with Crippen molar-refractivity contribution in [3.8, 4) is 0 Å². The van der Waals surface area contributed by atoms with Crippen LogP contribution in [0, 0.1) is 0 Å². The highest BCUT2D eigenvalue weighted by Gasteiger charge is 2.28. The molecule has 0 aliphatic carbocycles. The van der Waals surface area contributed by atoms with Crippen LogP contribution in [-0.4, -0.2) is 24.2 Å². The first-order valence-electron chi connectivity index (χ1n) is 9.87. The van der Waals surface area contributed by atoms with Gasteiger partial charge in [0.2, 0.25) is 12.2 Å². The fraction of sp³-hybridized carbons (Fsp3) is 0.900. The summed E-state index contributed by atoms with van der Waals surface area (Å²) in [4.78, 5) is 29.0.